The van der Waals surface area contributed by atoms with Gasteiger partial charge in [0.05, 0.1) is 0 Å². The monoisotopic (exact) mass is 210 g/mol. The average molecular weight is 210 g/mol. The molecule has 1 rings (SSSR count). The largest absolute Gasteiger partial charge is 0.385 e. The van der Waals surface area contributed by atoms with Crippen LogP contribution in [-0.2, 0) is 4.79 Å². The van der Waals surface area contributed by atoms with E-state index >= 15 is 0 Å². The van der Waals surface area contributed by atoms with E-state index in [1.54, 1.807) is 0 Å². The van der Waals surface area contributed by atoms with Crippen molar-refractivity contribution < 1.29 is 9.90 Å². The zero-order valence-corrected chi connectivity index (χ0v) is 9.83. The van der Waals surface area contributed by atoms with Gasteiger partial charge in [-0.25, -0.2) is 0 Å². The second-order valence-corrected chi connectivity index (χ2v) is 4.74. The number of rotatable bonds is 3. The molecule has 1 N–H and O–H groups in total. The van der Waals surface area contributed by atoms with Crippen LogP contribution in [0.2, 0.25) is 0 Å². The molecule has 0 saturated carbocycles. The highest BCUT2D eigenvalue weighted by Crippen LogP contribution is 2.20. The van der Waals surface area contributed by atoms with Gasteiger partial charge in [-0.3, -0.25) is 4.79 Å². The highest BCUT2D eigenvalue weighted by Gasteiger charge is 2.22. The Kier molecular flexibility index (Phi) is 5.03. The van der Waals surface area contributed by atoms with Gasteiger partial charge in [0, 0.05) is 0 Å². The lowest BCUT2D eigenvalue weighted by Crippen LogP contribution is -2.27. The molecule has 86 valence electrons. The Morgan fingerprint density at radius 2 is 1.93 bits per heavy atom. The number of allylic oxidation sites excluding steroid dienone is 1. The van der Waals surface area contributed by atoms with Crippen LogP contribution in [0.15, 0.2) is 11.6 Å². The number of aliphatic hydroxyl groups excluding tert-OH is 1. The molecule has 15 heavy (non-hydrogen) atoms. The summed E-state index contributed by atoms with van der Waals surface area (Å²) < 4.78 is 0. The highest BCUT2D eigenvalue weighted by molar-refractivity contribution is 5.98. The maximum atomic E-state index is 11.9. The van der Waals surface area contributed by atoms with Gasteiger partial charge < -0.3 is 5.11 Å². The van der Waals surface area contributed by atoms with E-state index < -0.39 is 6.10 Å². The Morgan fingerprint density at radius 3 is 2.60 bits per heavy atom. The van der Waals surface area contributed by atoms with Gasteiger partial charge in [0.1, 0.15) is 6.10 Å². The van der Waals surface area contributed by atoms with E-state index in [-0.39, 0.29) is 11.7 Å². The first-order valence-electron chi connectivity index (χ1n) is 6.04. The SMILES string of the molecule is CC(C)C(O)C(=O)/C1=C/CCCCCC1. The minimum absolute atomic E-state index is 0.0174. The van der Waals surface area contributed by atoms with Crippen LogP contribution < -0.4 is 0 Å². The minimum Gasteiger partial charge on any atom is -0.385 e. The lowest BCUT2D eigenvalue weighted by atomic mass is 9.91. The molecule has 0 aromatic rings. The zero-order chi connectivity index (χ0) is 11.3. The summed E-state index contributed by atoms with van der Waals surface area (Å²) in [6.07, 6.45) is 7.81. The molecule has 1 aliphatic carbocycles. The molecule has 0 saturated heterocycles. The first kappa shape index (κ1) is 12.4. The third kappa shape index (κ3) is 3.78. The molecule has 0 bridgehead atoms. The molecule has 0 aliphatic heterocycles. The standard InChI is InChI=1S/C13H22O2/c1-10(2)12(14)13(15)11-8-6-4-3-5-7-9-11/h8,10,12,14H,3-7,9H2,1-2H3/b11-8+. The Morgan fingerprint density at radius 1 is 1.27 bits per heavy atom. The molecular formula is C13H22O2. The molecule has 0 aromatic carbocycles. The van der Waals surface area contributed by atoms with Crippen molar-refractivity contribution in [1.82, 2.24) is 0 Å². The number of carbonyl (C=O) groups is 1. The normalized spacial score (nSPS) is 23.9. The second kappa shape index (κ2) is 6.06. The van der Waals surface area contributed by atoms with Crippen LogP contribution in [0.4, 0.5) is 0 Å². The van der Waals surface area contributed by atoms with E-state index in [0.29, 0.717) is 0 Å². The van der Waals surface area contributed by atoms with Gasteiger partial charge in [-0.1, -0.05) is 32.8 Å². The summed E-state index contributed by atoms with van der Waals surface area (Å²) in [7, 11) is 0. The number of aliphatic hydroxyl groups is 1. The summed E-state index contributed by atoms with van der Waals surface area (Å²) in [4.78, 5) is 11.9. The van der Waals surface area contributed by atoms with Gasteiger partial charge in [0.15, 0.2) is 5.78 Å². The fourth-order valence-electron chi connectivity index (χ4n) is 1.91. The van der Waals surface area contributed by atoms with E-state index in [1.807, 2.05) is 19.9 Å². The van der Waals surface area contributed by atoms with Crippen molar-refractivity contribution in [3.8, 4) is 0 Å². The molecular weight excluding hydrogens is 188 g/mol. The number of hydrogen-bond acceptors (Lipinski definition) is 2. The summed E-state index contributed by atoms with van der Waals surface area (Å²) in [5.41, 5.74) is 0.857. The number of carbonyl (C=O) groups excluding carboxylic acids is 1. The van der Waals surface area contributed by atoms with Crippen LogP contribution in [0.1, 0.15) is 52.4 Å². The topological polar surface area (TPSA) is 37.3 Å². The maximum Gasteiger partial charge on any atom is 0.187 e. The van der Waals surface area contributed by atoms with Crippen molar-refractivity contribution >= 4 is 5.78 Å². The minimum atomic E-state index is -0.810. The van der Waals surface area contributed by atoms with Crippen LogP contribution in [0, 0.1) is 5.92 Å². The van der Waals surface area contributed by atoms with E-state index in [4.69, 9.17) is 0 Å². The van der Waals surface area contributed by atoms with E-state index in [1.165, 1.54) is 19.3 Å². The van der Waals surface area contributed by atoms with Gasteiger partial charge >= 0.3 is 0 Å². The van der Waals surface area contributed by atoms with Crippen LogP contribution >= 0.6 is 0 Å². The van der Waals surface area contributed by atoms with Crippen LogP contribution in [0.5, 0.6) is 0 Å². The van der Waals surface area contributed by atoms with Gasteiger partial charge in [-0.2, -0.15) is 0 Å². The van der Waals surface area contributed by atoms with Crippen molar-refractivity contribution in [3.63, 3.8) is 0 Å². The molecule has 1 aliphatic rings. The zero-order valence-electron chi connectivity index (χ0n) is 9.83. The van der Waals surface area contributed by atoms with Crippen molar-refractivity contribution in [1.29, 1.82) is 0 Å². The predicted octanol–water partition coefficient (Wildman–Crippen LogP) is 2.85. The summed E-state index contributed by atoms with van der Waals surface area (Å²) >= 11 is 0. The summed E-state index contributed by atoms with van der Waals surface area (Å²) in [5.74, 6) is -0.0317. The lowest BCUT2D eigenvalue weighted by Gasteiger charge is -2.16. The quantitative estimate of drug-likeness (QED) is 0.777. The maximum absolute atomic E-state index is 11.9. The number of ketones is 1. The third-order valence-electron chi connectivity index (χ3n) is 3.01. The van der Waals surface area contributed by atoms with Crippen molar-refractivity contribution in [3.05, 3.63) is 11.6 Å². The molecule has 1 atom stereocenters. The lowest BCUT2D eigenvalue weighted by molar-refractivity contribution is -0.125. The average Bonchev–Trinajstić information content (AvgIpc) is 2.15. The Bertz CT molecular complexity index is 241. The predicted molar refractivity (Wildman–Crippen MR) is 61.6 cm³/mol. The fraction of sp³-hybridized carbons (Fsp3) is 0.769. The first-order chi connectivity index (χ1) is 7.13. The second-order valence-electron chi connectivity index (χ2n) is 4.74. The molecule has 0 amide bonds. The van der Waals surface area contributed by atoms with Crippen molar-refractivity contribution in [2.45, 2.75) is 58.5 Å². The third-order valence-corrected chi connectivity index (χ3v) is 3.01. The summed E-state index contributed by atoms with van der Waals surface area (Å²) in [6, 6.07) is 0. The van der Waals surface area contributed by atoms with Crippen LogP contribution in [0.3, 0.4) is 0 Å². The molecule has 0 heterocycles. The van der Waals surface area contributed by atoms with E-state index in [0.717, 1.165) is 24.8 Å². The molecule has 2 nitrogen and oxygen atoms in total. The number of Topliss-reactive ketones (excluding diaryl/α,β-unsaturated/α-hetero) is 1. The molecule has 0 spiro atoms. The van der Waals surface area contributed by atoms with Crippen molar-refractivity contribution in [2.24, 2.45) is 5.92 Å². The summed E-state index contributed by atoms with van der Waals surface area (Å²) in [5, 5.41) is 9.72. The smallest absolute Gasteiger partial charge is 0.187 e. The Balaban J connectivity index is 2.63. The van der Waals surface area contributed by atoms with Crippen LogP contribution in [-0.4, -0.2) is 17.0 Å². The van der Waals surface area contributed by atoms with Gasteiger partial charge in [-0.15, -0.1) is 0 Å². The van der Waals surface area contributed by atoms with Crippen LogP contribution in [0.25, 0.3) is 0 Å². The van der Waals surface area contributed by atoms with Crippen molar-refractivity contribution in [2.75, 3.05) is 0 Å². The van der Waals surface area contributed by atoms with Gasteiger partial charge in [0.25, 0.3) is 0 Å². The fourth-order valence-corrected chi connectivity index (χ4v) is 1.91. The van der Waals surface area contributed by atoms with Gasteiger partial charge in [-0.05, 0) is 37.2 Å². The van der Waals surface area contributed by atoms with E-state index in [9.17, 15) is 9.90 Å². The number of hydrogen-bond donors (Lipinski definition) is 1. The summed E-state index contributed by atoms with van der Waals surface area (Å²) in [6.45, 7) is 3.76. The highest BCUT2D eigenvalue weighted by atomic mass is 16.3. The van der Waals surface area contributed by atoms with Gasteiger partial charge in [0.2, 0.25) is 0 Å². The molecule has 0 fully saturated rings. The molecule has 2 heteroatoms. The first-order valence-corrected chi connectivity index (χ1v) is 6.04. The molecule has 0 aromatic heterocycles. The Labute approximate surface area is 92.4 Å². The Hall–Kier alpha value is -0.630. The molecule has 0 radical (unpaired) electrons. The molecule has 1 unspecified atom stereocenters. The van der Waals surface area contributed by atoms with E-state index in [2.05, 4.69) is 0 Å².